The van der Waals surface area contributed by atoms with Crippen LogP contribution in [0.3, 0.4) is 0 Å². The largest absolute Gasteiger partial charge is 0.456 e. The van der Waals surface area contributed by atoms with Crippen molar-refractivity contribution >= 4 is 129 Å². The second kappa shape index (κ2) is 14.2. The van der Waals surface area contributed by atoms with E-state index < -0.39 is 0 Å². The number of hydrogen-bond donors (Lipinski definition) is 0. The molecular formula is C63H35N5OS. The van der Waals surface area contributed by atoms with Crippen LogP contribution in [0.1, 0.15) is 0 Å². The Bertz CT molecular complexity index is 4860. The SMILES string of the molecule is c1ccc2cc3c(cc2c1)c1c2ccccc2ccc1n3-c1cc2oc3ccc4ccccc4c3c2cc1-c1nc(-c2ccc3c(c2)sc2ccccc23)nc(-n2c3ccccc3c3ccccc32)n1. The minimum Gasteiger partial charge on any atom is -0.456 e. The van der Waals surface area contributed by atoms with Gasteiger partial charge >= 0.3 is 0 Å². The standard InChI is InChI=1S/C63H35N5OS/c1-2-16-39-32-53-47(31-38(39)15-1)59-41-17-5-3-13-36(41)26-29-52(59)67(53)54-35-56-49(60-42-18-6-4-14-37(42)27-30-55(60)69-56)34-48(54)62-64-61(40-25-28-46-45-21-9-12-24-57(45)70-58(46)33-40)65-63(66-62)68-50-22-10-7-19-43(50)44-20-8-11-23-51(44)68/h1-35H. The predicted octanol–water partition coefficient (Wildman–Crippen LogP) is 17.1. The Kier molecular flexibility index (Phi) is 7.67. The van der Waals surface area contributed by atoms with Gasteiger partial charge in [0, 0.05) is 69.7 Å². The fourth-order valence-corrected chi connectivity index (χ4v) is 12.5. The third-order valence-electron chi connectivity index (χ3n) is 14.5. The summed E-state index contributed by atoms with van der Waals surface area (Å²) in [5.74, 6) is 1.69. The summed E-state index contributed by atoms with van der Waals surface area (Å²) in [5, 5.41) is 16.2. The van der Waals surface area contributed by atoms with Crippen LogP contribution in [0.5, 0.6) is 0 Å². The van der Waals surface area contributed by atoms with Crippen LogP contribution >= 0.6 is 11.3 Å². The molecule has 0 fully saturated rings. The Balaban J connectivity index is 1.07. The van der Waals surface area contributed by atoms with Crippen molar-refractivity contribution in [2.75, 3.05) is 0 Å². The van der Waals surface area contributed by atoms with Crippen molar-refractivity contribution in [2.24, 2.45) is 0 Å². The number of hydrogen-bond acceptors (Lipinski definition) is 5. The zero-order valence-electron chi connectivity index (χ0n) is 37.3. The van der Waals surface area contributed by atoms with E-state index in [2.05, 4.69) is 221 Å². The monoisotopic (exact) mass is 909 g/mol. The normalized spacial score (nSPS) is 12.3. The summed E-state index contributed by atoms with van der Waals surface area (Å²) in [4.78, 5) is 16.7. The van der Waals surface area contributed by atoms with Gasteiger partial charge in [-0.05, 0) is 86.9 Å². The lowest BCUT2D eigenvalue weighted by atomic mass is 10.0. The highest BCUT2D eigenvalue weighted by Crippen LogP contribution is 2.45. The summed E-state index contributed by atoms with van der Waals surface area (Å²) in [6.45, 7) is 0. The molecule has 0 amide bonds. The van der Waals surface area contributed by atoms with Gasteiger partial charge in [-0.15, -0.1) is 11.3 Å². The molecule has 70 heavy (non-hydrogen) atoms. The van der Waals surface area contributed by atoms with Crippen molar-refractivity contribution in [1.29, 1.82) is 0 Å². The van der Waals surface area contributed by atoms with E-state index in [1.54, 1.807) is 11.3 Å². The summed E-state index contributed by atoms with van der Waals surface area (Å²) in [6.07, 6.45) is 0. The zero-order valence-corrected chi connectivity index (χ0v) is 38.1. The molecule has 5 aromatic heterocycles. The summed E-state index contributed by atoms with van der Waals surface area (Å²) in [6, 6.07) is 76.2. The molecule has 0 bridgehead atoms. The van der Waals surface area contributed by atoms with Gasteiger partial charge in [0.05, 0.1) is 27.8 Å². The lowest BCUT2D eigenvalue weighted by Gasteiger charge is -2.16. The highest BCUT2D eigenvalue weighted by atomic mass is 32.1. The predicted molar refractivity (Wildman–Crippen MR) is 292 cm³/mol. The first-order valence-electron chi connectivity index (χ1n) is 23.6. The number of para-hydroxylation sites is 2. The molecule has 0 aliphatic heterocycles. The first-order valence-corrected chi connectivity index (χ1v) is 24.4. The lowest BCUT2D eigenvalue weighted by molar-refractivity contribution is 0.669. The van der Waals surface area contributed by atoms with Crippen LogP contribution in [0.15, 0.2) is 217 Å². The van der Waals surface area contributed by atoms with Gasteiger partial charge < -0.3 is 8.98 Å². The number of thiophene rings is 1. The van der Waals surface area contributed by atoms with Crippen LogP contribution in [0, 0.1) is 0 Å². The van der Waals surface area contributed by atoms with Crippen molar-refractivity contribution < 1.29 is 4.42 Å². The molecule has 0 saturated carbocycles. The first kappa shape index (κ1) is 37.9. The molecule has 0 aliphatic rings. The molecule has 7 heteroatoms. The zero-order chi connectivity index (χ0) is 45.6. The van der Waals surface area contributed by atoms with Gasteiger partial charge in [-0.1, -0.05) is 152 Å². The number of fused-ring (bicyclic) bond motifs is 17. The van der Waals surface area contributed by atoms with Gasteiger partial charge in [-0.2, -0.15) is 9.97 Å². The van der Waals surface area contributed by atoms with E-state index in [4.69, 9.17) is 19.4 Å². The minimum atomic E-state index is 0.543. The van der Waals surface area contributed by atoms with Gasteiger partial charge in [-0.3, -0.25) is 4.57 Å². The fourth-order valence-electron chi connectivity index (χ4n) is 11.4. The van der Waals surface area contributed by atoms with E-state index in [1.165, 1.54) is 47.1 Å². The summed E-state index contributed by atoms with van der Waals surface area (Å²) >= 11 is 1.80. The van der Waals surface area contributed by atoms with Crippen molar-refractivity contribution in [3.63, 3.8) is 0 Å². The smallest absolute Gasteiger partial charge is 0.238 e. The fraction of sp³-hybridized carbons (Fsp3) is 0. The molecule has 6 nitrogen and oxygen atoms in total. The van der Waals surface area contributed by atoms with Crippen LogP contribution in [0.2, 0.25) is 0 Å². The maximum Gasteiger partial charge on any atom is 0.238 e. The van der Waals surface area contributed by atoms with E-state index in [0.717, 1.165) is 87.8 Å². The minimum absolute atomic E-state index is 0.543. The quantitative estimate of drug-likeness (QED) is 0.176. The number of nitrogens with zero attached hydrogens (tertiary/aromatic N) is 5. The molecule has 0 atom stereocenters. The van der Waals surface area contributed by atoms with Crippen molar-refractivity contribution in [3.05, 3.63) is 212 Å². The molecule has 0 aliphatic carbocycles. The number of rotatable bonds is 4. The molecule has 0 saturated heterocycles. The molecule has 0 radical (unpaired) electrons. The maximum atomic E-state index is 6.92. The first-order chi connectivity index (χ1) is 34.7. The van der Waals surface area contributed by atoms with Gasteiger partial charge in [-0.25, -0.2) is 4.98 Å². The van der Waals surface area contributed by atoms with Crippen LogP contribution in [0.4, 0.5) is 0 Å². The molecule has 0 spiro atoms. The number of aromatic nitrogens is 5. The molecule has 0 unspecified atom stereocenters. The summed E-state index contributed by atoms with van der Waals surface area (Å²) in [7, 11) is 0. The maximum absolute atomic E-state index is 6.92. The van der Waals surface area contributed by atoms with Crippen LogP contribution < -0.4 is 0 Å². The van der Waals surface area contributed by atoms with E-state index in [0.29, 0.717) is 17.6 Å². The average Bonchev–Trinajstić information content (AvgIpc) is 4.17. The van der Waals surface area contributed by atoms with Crippen LogP contribution in [0.25, 0.3) is 152 Å². The average molecular weight is 910 g/mol. The molecular weight excluding hydrogens is 875 g/mol. The number of furan rings is 1. The molecule has 5 heterocycles. The van der Waals surface area contributed by atoms with Crippen LogP contribution in [-0.4, -0.2) is 24.1 Å². The highest BCUT2D eigenvalue weighted by molar-refractivity contribution is 7.25. The van der Waals surface area contributed by atoms with Gasteiger partial charge in [0.25, 0.3) is 0 Å². The molecule has 0 N–H and O–H groups in total. The van der Waals surface area contributed by atoms with E-state index in [-0.39, 0.29) is 0 Å². The van der Waals surface area contributed by atoms with E-state index in [9.17, 15) is 0 Å². The third-order valence-corrected chi connectivity index (χ3v) is 15.7. The molecule has 16 aromatic rings. The Morgan fingerprint density at radius 2 is 0.957 bits per heavy atom. The van der Waals surface area contributed by atoms with Crippen molar-refractivity contribution in [1.82, 2.24) is 24.1 Å². The van der Waals surface area contributed by atoms with Gasteiger partial charge in [0.1, 0.15) is 11.2 Å². The van der Waals surface area contributed by atoms with E-state index in [1.807, 2.05) is 0 Å². The third kappa shape index (κ3) is 5.35. The van der Waals surface area contributed by atoms with Gasteiger partial charge in [0.2, 0.25) is 5.95 Å². The topological polar surface area (TPSA) is 61.7 Å². The van der Waals surface area contributed by atoms with E-state index >= 15 is 0 Å². The lowest BCUT2D eigenvalue weighted by Crippen LogP contribution is -2.08. The second-order valence-electron chi connectivity index (χ2n) is 18.3. The van der Waals surface area contributed by atoms with Crippen molar-refractivity contribution in [2.45, 2.75) is 0 Å². The summed E-state index contributed by atoms with van der Waals surface area (Å²) in [5.41, 5.74) is 8.51. The Hall–Kier alpha value is -9.17. The second-order valence-corrected chi connectivity index (χ2v) is 19.4. The molecule has 324 valence electrons. The molecule has 16 rings (SSSR count). The molecule has 11 aromatic carbocycles. The van der Waals surface area contributed by atoms with Gasteiger partial charge in [0.15, 0.2) is 11.6 Å². The van der Waals surface area contributed by atoms with Crippen LogP contribution in [-0.2, 0) is 0 Å². The summed E-state index contributed by atoms with van der Waals surface area (Å²) < 4.78 is 14.0. The van der Waals surface area contributed by atoms with Crippen molar-refractivity contribution in [3.8, 4) is 34.4 Å². The Morgan fingerprint density at radius 3 is 1.73 bits per heavy atom. The number of benzene rings is 11. The Labute approximate surface area is 402 Å². The Morgan fingerprint density at radius 1 is 0.343 bits per heavy atom. The highest BCUT2D eigenvalue weighted by Gasteiger charge is 2.25.